The number of aromatic nitrogens is 1. The number of benzene rings is 2. The summed E-state index contributed by atoms with van der Waals surface area (Å²) in [4.78, 5) is 35.6. The molecule has 2 amide bonds. The van der Waals surface area contributed by atoms with Crippen molar-refractivity contribution in [2.75, 3.05) is 46.5 Å². The van der Waals surface area contributed by atoms with Gasteiger partial charge in [0, 0.05) is 49.3 Å². The van der Waals surface area contributed by atoms with Gasteiger partial charge in [-0.05, 0) is 42.2 Å². The van der Waals surface area contributed by atoms with Crippen molar-refractivity contribution in [3.63, 3.8) is 0 Å². The largest absolute Gasteiger partial charge is 0.497 e. The molecule has 39 heavy (non-hydrogen) atoms. The summed E-state index contributed by atoms with van der Waals surface area (Å²) in [6.07, 6.45) is 7.53. The number of para-hydroxylation sites is 1. The molecule has 3 aromatic rings. The molecule has 1 saturated heterocycles. The van der Waals surface area contributed by atoms with Crippen molar-refractivity contribution in [3.05, 3.63) is 65.9 Å². The normalized spacial score (nSPS) is 17.6. The molecule has 0 bridgehead atoms. The van der Waals surface area contributed by atoms with Gasteiger partial charge >= 0.3 is 0 Å². The zero-order valence-electron chi connectivity index (χ0n) is 22.9. The molecule has 1 aromatic heterocycles. The number of fused-ring (bicyclic) bond motifs is 1. The zero-order valence-corrected chi connectivity index (χ0v) is 22.9. The molecule has 1 aliphatic heterocycles. The Labute approximate surface area is 230 Å². The predicted molar refractivity (Wildman–Crippen MR) is 152 cm³/mol. The molecule has 2 heterocycles. The molecule has 1 atom stereocenters. The second kappa shape index (κ2) is 13.1. The average molecular weight is 533 g/mol. The third-order valence-corrected chi connectivity index (χ3v) is 8.02. The summed E-state index contributed by atoms with van der Waals surface area (Å²) in [6.45, 7) is 4.14. The minimum Gasteiger partial charge on any atom is -0.497 e. The number of methoxy groups -OCH3 is 1. The van der Waals surface area contributed by atoms with Crippen molar-refractivity contribution >= 4 is 22.7 Å². The molecule has 1 saturated carbocycles. The number of aromatic amines is 1. The molecule has 0 unspecified atom stereocenters. The van der Waals surface area contributed by atoms with Crippen LogP contribution in [0.15, 0.2) is 54.7 Å². The number of amides is 2. The second-order valence-corrected chi connectivity index (χ2v) is 10.6. The van der Waals surface area contributed by atoms with Crippen LogP contribution in [0.1, 0.15) is 49.3 Å². The maximum Gasteiger partial charge on any atom is 0.247 e. The fourth-order valence-electron chi connectivity index (χ4n) is 5.83. The first-order chi connectivity index (χ1) is 19.1. The van der Waals surface area contributed by atoms with E-state index >= 15 is 0 Å². The van der Waals surface area contributed by atoms with E-state index in [9.17, 15) is 9.59 Å². The number of H-pyrrole nitrogens is 1. The van der Waals surface area contributed by atoms with E-state index in [1.54, 1.807) is 12.0 Å². The summed E-state index contributed by atoms with van der Waals surface area (Å²) in [6, 6.07) is 15.0. The first-order valence-electron chi connectivity index (χ1n) is 14.2. The highest BCUT2D eigenvalue weighted by molar-refractivity contribution is 5.92. The van der Waals surface area contributed by atoms with Crippen LogP contribution in [0.3, 0.4) is 0 Å². The summed E-state index contributed by atoms with van der Waals surface area (Å²) in [5.41, 5.74) is 2.69. The molecule has 2 fully saturated rings. The Balaban J connectivity index is 1.46. The fourth-order valence-corrected chi connectivity index (χ4v) is 5.83. The van der Waals surface area contributed by atoms with Crippen molar-refractivity contribution in [1.82, 2.24) is 20.1 Å². The standard InChI is InChI=1S/C31H40N4O4/c1-38-26-11-7-8-23(20-26)30(31(37)33-25-9-3-2-4-10-25)35(15-14-34-16-18-39-19-17-34)29(36)21-24-22-32-28-13-6-5-12-27(24)28/h5-8,11-13,20,22,25,30,32H,2-4,9-10,14-19,21H2,1H3,(H,33,37)/t30-/m0/s1. The van der Waals surface area contributed by atoms with Gasteiger partial charge in [0.15, 0.2) is 0 Å². The van der Waals surface area contributed by atoms with Crippen LogP contribution >= 0.6 is 0 Å². The Bertz CT molecular complexity index is 1250. The SMILES string of the molecule is COc1cccc([C@@H](C(=O)NC2CCCCC2)N(CCN2CCOCC2)C(=O)Cc2c[nH]c3ccccc23)c1. The maximum absolute atomic E-state index is 14.2. The van der Waals surface area contributed by atoms with Crippen LogP contribution in [0.4, 0.5) is 0 Å². The lowest BCUT2D eigenvalue weighted by Crippen LogP contribution is -2.50. The highest BCUT2D eigenvalue weighted by Gasteiger charge is 2.33. The maximum atomic E-state index is 14.2. The van der Waals surface area contributed by atoms with Gasteiger partial charge in [-0.15, -0.1) is 0 Å². The molecule has 208 valence electrons. The van der Waals surface area contributed by atoms with Crippen LogP contribution in [-0.4, -0.2) is 79.1 Å². The van der Waals surface area contributed by atoms with Gasteiger partial charge in [0.1, 0.15) is 11.8 Å². The summed E-state index contributed by atoms with van der Waals surface area (Å²) in [5.74, 6) is 0.476. The van der Waals surface area contributed by atoms with Crippen LogP contribution < -0.4 is 10.1 Å². The van der Waals surface area contributed by atoms with Crippen LogP contribution in [0.25, 0.3) is 10.9 Å². The number of morpholine rings is 1. The third kappa shape index (κ3) is 6.81. The first-order valence-corrected chi connectivity index (χ1v) is 14.2. The molecule has 0 spiro atoms. The lowest BCUT2D eigenvalue weighted by Gasteiger charge is -2.35. The van der Waals surface area contributed by atoms with E-state index in [0.29, 0.717) is 32.1 Å². The van der Waals surface area contributed by atoms with E-state index < -0.39 is 6.04 Å². The number of nitrogens with one attached hydrogen (secondary N) is 2. The van der Waals surface area contributed by atoms with Crippen molar-refractivity contribution in [3.8, 4) is 5.75 Å². The van der Waals surface area contributed by atoms with E-state index in [2.05, 4.69) is 15.2 Å². The molecule has 5 rings (SSSR count). The Morgan fingerprint density at radius 2 is 1.90 bits per heavy atom. The zero-order chi connectivity index (χ0) is 27.0. The summed E-state index contributed by atoms with van der Waals surface area (Å²) in [5, 5.41) is 4.33. The molecular formula is C31H40N4O4. The predicted octanol–water partition coefficient (Wildman–Crippen LogP) is 4.07. The summed E-state index contributed by atoms with van der Waals surface area (Å²) >= 11 is 0. The quantitative estimate of drug-likeness (QED) is 0.411. The van der Waals surface area contributed by atoms with Gasteiger partial charge in [0.25, 0.3) is 0 Å². The van der Waals surface area contributed by atoms with Crippen LogP contribution in [0.5, 0.6) is 5.75 Å². The number of hydrogen-bond acceptors (Lipinski definition) is 5. The smallest absolute Gasteiger partial charge is 0.247 e. The summed E-state index contributed by atoms with van der Waals surface area (Å²) < 4.78 is 11.0. The number of carbonyl (C=O) groups excluding carboxylic acids is 2. The third-order valence-electron chi connectivity index (χ3n) is 8.02. The molecular weight excluding hydrogens is 492 g/mol. The highest BCUT2D eigenvalue weighted by Crippen LogP contribution is 2.28. The van der Waals surface area contributed by atoms with Gasteiger partial charge < -0.3 is 24.7 Å². The van der Waals surface area contributed by atoms with Gasteiger partial charge in [-0.2, -0.15) is 0 Å². The lowest BCUT2D eigenvalue weighted by atomic mass is 9.94. The van der Waals surface area contributed by atoms with Crippen molar-refractivity contribution in [1.29, 1.82) is 0 Å². The van der Waals surface area contributed by atoms with Gasteiger partial charge in [-0.25, -0.2) is 0 Å². The van der Waals surface area contributed by atoms with Gasteiger partial charge in [-0.3, -0.25) is 14.5 Å². The molecule has 1 aliphatic carbocycles. The molecule has 2 aliphatic rings. The van der Waals surface area contributed by atoms with E-state index in [1.807, 2.05) is 54.7 Å². The minimum absolute atomic E-state index is 0.0698. The van der Waals surface area contributed by atoms with Crippen molar-refractivity contribution in [2.24, 2.45) is 0 Å². The lowest BCUT2D eigenvalue weighted by molar-refractivity contribution is -0.141. The average Bonchev–Trinajstić information content (AvgIpc) is 3.38. The Morgan fingerprint density at radius 1 is 1.10 bits per heavy atom. The topological polar surface area (TPSA) is 86.9 Å². The first kappa shape index (κ1) is 27.2. The van der Waals surface area contributed by atoms with E-state index in [0.717, 1.165) is 60.8 Å². The molecule has 2 N–H and O–H groups in total. The Hall–Kier alpha value is -3.36. The highest BCUT2D eigenvalue weighted by atomic mass is 16.5. The van der Waals surface area contributed by atoms with Crippen molar-refractivity contribution < 1.29 is 19.1 Å². The van der Waals surface area contributed by atoms with Crippen LogP contribution in [0.2, 0.25) is 0 Å². The monoisotopic (exact) mass is 532 g/mol. The fraction of sp³-hybridized carbons (Fsp3) is 0.484. The Kier molecular flexibility index (Phi) is 9.16. The van der Waals surface area contributed by atoms with Gasteiger partial charge in [-0.1, -0.05) is 49.6 Å². The van der Waals surface area contributed by atoms with Crippen LogP contribution in [0, 0.1) is 0 Å². The molecule has 0 radical (unpaired) electrons. The second-order valence-electron chi connectivity index (χ2n) is 10.6. The van der Waals surface area contributed by atoms with Crippen molar-refractivity contribution in [2.45, 2.75) is 50.6 Å². The number of ether oxygens (including phenoxy) is 2. The number of nitrogens with zero attached hydrogens (tertiary/aromatic N) is 2. The van der Waals surface area contributed by atoms with Crippen LogP contribution in [-0.2, 0) is 20.7 Å². The summed E-state index contributed by atoms with van der Waals surface area (Å²) in [7, 11) is 1.62. The number of rotatable bonds is 10. The minimum atomic E-state index is -0.749. The molecule has 8 nitrogen and oxygen atoms in total. The van der Waals surface area contributed by atoms with E-state index in [4.69, 9.17) is 9.47 Å². The van der Waals surface area contributed by atoms with E-state index in [1.165, 1.54) is 6.42 Å². The van der Waals surface area contributed by atoms with Gasteiger partial charge in [0.05, 0.1) is 26.7 Å². The molecule has 2 aromatic carbocycles. The van der Waals surface area contributed by atoms with E-state index in [-0.39, 0.29) is 24.3 Å². The Morgan fingerprint density at radius 3 is 2.69 bits per heavy atom. The number of carbonyl (C=O) groups is 2. The molecule has 8 heteroatoms. The number of hydrogen-bond donors (Lipinski definition) is 2. The van der Waals surface area contributed by atoms with Gasteiger partial charge in [0.2, 0.25) is 11.8 Å².